The highest BCUT2D eigenvalue weighted by molar-refractivity contribution is 7.11. The fourth-order valence-corrected chi connectivity index (χ4v) is 2.59. The highest BCUT2D eigenvalue weighted by Gasteiger charge is 2.15. The van der Waals surface area contributed by atoms with Crippen molar-refractivity contribution in [1.29, 1.82) is 0 Å². The van der Waals surface area contributed by atoms with Gasteiger partial charge in [-0.1, -0.05) is 29.8 Å². The van der Waals surface area contributed by atoms with Crippen LogP contribution in [-0.2, 0) is 6.42 Å². The summed E-state index contributed by atoms with van der Waals surface area (Å²) in [6.45, 7) is 2.76. The van der Waals surface area contributed by atoms with Crippen molar-refractivity contribution in [2.45, 2.75) is 13.3 Å². The molecular weight excluding hydrogens is 260 g/mol. The molecule has 0 aliphatic heterocycles. The number of hydrogen-bond acceptors (Lipinski definition) is 5. The predicted molar refractivity (Wildman–Crippen MR) is 78.4 cm³/mol. The van der Waals surface area contributed by atoms with Crippen LogP contribution in [0.5, 0.6) is 0 Å². The highest BCUT2D eigenvalue weighted by Crippen LogP contribution is 2.25. The first-order chi connectivity index (χ1) is 9.08. The predicted octanol–water partition coefficient (Wildman–Crippen LogP) is 1.79. The van der Waals surface area contributed by atoms with Crippen LogP contribution in [-0.4, -0.2) is 16.8 Å². The van der Waals surface area contributed by atoms with Gasteiger partial charge >= 0.3 is 0 Å². The summed E-state index contributed by atoms with van der Waals surface area (Å²) in [5, 5.41) is 3.80. The van der Waals surface area contributed by atoms with Crippen LogP contribution >= 0.6 is 11.5 Å². The molecule has 0 bridgehead atoms. The van der Waals surface area contributed by atoms with E-state index in [1.54, 1.807) is 0 Å². The van der Waals surface area contributed by atoms with Gasteiger partial charge in [-0.3, -0.25) is 4.79 Å². The van der Waals surface area contributed by atoms with E-state index in [0.717, 1.165) is 18.0 Å². The number of rotatable bonds is 5. The minimum Gasteiger partial charge on any atom is -0.382 e. The molecule has 0 spiro atoms. The maximum atomic E-state index is 11.3. The molecule has 1 aromatic carbocycles. The Morgan fingerprint density at radius 3 is 2.95 bits per heavy atom. The Morgan fingerprint density at radius 2 is 2.26 bits per heavy atom. The Labute approximate surface area is 115 Å². The molecule has 0 saturated heterocycles. The molecule has 0 atom stereocenters. The number of hydrogen-bond donors (Lipinski definition) is 3. The number of carbonyl (C=O) groups is 1. The molecular formula is C13H16N4OS. The Hall–Kier alpha value is -2.08. The molecule has 2 rings (SSSR count). The van der Waals surface area contributed by atoms with Gasteiger partial charge in [0.1, 0.15) is 10.6 Å². The number of benzene rings is 1. The van der Waals surface area contributed by atoms with Crippen molar-refractivity contribution in [2.24, 2.45) is 5.73 Å². The van der Waals surface area contributed by atoms with E-state index in [0.29, 0.717) is 11.5 Å². The molecule has 1 amide bonds. The first kappa shape index (κ1) is 13.4. The number of primary amides is 1. The lowest BCUT2D eigenvalue weighted by atomic mass is 10.1. The molecule has 0 fully saturated rings. The average molecular weight is 276 g/mol. The summed E-state index contributed by atoms with van der Waals surface area (Å²) in [7, 11) is 0. The Bertz CT molecular complexity index is 594. The SMILES string of the molecule is Cc1cccc(CCNc2snc(N)c2C(N)=O)c1. The van der Waals surface area contributed by atoms with E-state index >= 15 is 0 Å². The molecule has 5 N–H and O–H groups in total. The second-order valence-corrected chi connectivity index (χ2v) is 5.08. The van der Waals surface area contributed by atoms with Crippen molar-refractivity contribution in [1.82, 2.24) is 4.37 Å². The average Bonchev–Trinajstić information content (AvgIpc) is 2.71. The van der Waals surface area contributed by atoms with Crippen molar-refractivity contribution >= 4 is 28.3 Å². The van der Waals surface area contributed by atoms with E-state index < -0.39 is 5.91 Å². The first-order valence-electron chi connectivity index (χ1n) is 5.92. The zero-order chi connectivity index (χ0) is 13.8. The van der Waals surface area contributed by atoms with Crippen LogP contribution < -0.4 is 16.8 Å². The van der Waals surface area contributed by atoms with E-state index in [2.05, 4.69) is 34.8 Å². The number of anilines is 2. The normalized spacial score (nSPS) is 10.4. The number of amides is 1. The molecule has 100 valence electrons. The molecule has 0 radical (unpaired) electrons. The first-order valence-corrected chi connectivity index (χ1v) is 6.69. The second-order valence-electron chi connectivity index (χ2n) is 4.30. The Kier molecular flexibility index (Phi) is 4.01. The Balaban J connectivity index is 1.98. The molecule has 1 aromatic heterocycles. The fourth-order valence-electron chi connectivity index (χ4n) is 1.85. The van der Waals surface area contributed by atoms with Gasteiger partial charge < -0.3 is 16.8 Å². The van der Waals surface area contributed by atoms with Gasteiger partial charge in [-0.15, -0.1) is 0 Å². The molecule has 0 aliphatic carbocycles. The van der Waals surface area contributed by atoms with Gasteiger partial charge in [-0.2, -0.15) is 4.37 Å². The highest BCUT2D eigenvalue weighted by atomic mass is 32.1. The van der Waals surface area contributed by atoms with Gasteiger partial charge in [0, 0.05) is 6.54 Å². The third kappa shape index (κ3) is 3.23. The maximum Gasteiger partial charge on any atom is 0.255 e. The van der Waals surface area contributed by atoms with E-state index in [9.17, 15) is 4.79 Å². The zero-order valence-corrected chi connectivity index (χ0v) is 11.5. The molecule has 19 heavy (non-hydrogen) atoms. The van der Waals surface area contributed by atoms with Crippen LogP contribution in [0.3, 0.4) is 0 Å². The van der Waals surface area contributed by atoms with Gasteiger partial charge in [-0.05, 0) is 30.4 Å². The van der Waals surface area contributed by atoms with Crippen molar-refractivity contribution in [3.05, 3.63) is 41.0 Å². The van der Waals surface area contributed by atoms with Gasteiger partial charge in [0.25, 0.3) is 5.91 Å². The summed E-state index contributed by atoms with van der Waals surface area (Å²) in [5.41, 5.74) is 13.6. The maximum absolute atomic E-state index is 11.3. The minimum absolute atomic E-state index is 0.190. The van der Waals surface area contributed by atoms with Crippen LogP contribution in [0.4, 0.5) is 10.8 Å². The lowest BCUT2D eigenvalue weighted by molar-refractivity contribution is 0.100. The summed E-state index contributed by atoms with van der Waals surface area (Å²) < 4.78 is 3.93. The fraction of sp³-hybridized carbons (Fsp3) is 0.231. The van der Waals surface area contributed by atoms with Gasteiger partial charge in [0.2, 0.25) is 0 Å². The number of nitrogen functional groups attached to an aromatic ring is 1. The lowest BCUT2D eigenvalue weighted by Crippen LogP contribution is -2.15. The van der Waals surface area contributed by atoms with Crippen molar-refractivity contribution in [3.63, 3.8) is 0 Å². The topological polar surface area (TPSA) is 94.0 Å². The van der Waals surface area contributed by atoms with Crippen LogP contribution in [0, 0.1) is 6.92 Å². The van der Waals surface area contributed by atoms with Crippen molar-refractivity contribution in [3.8, 4) is 0 Å². The summed E-state index contributed by atoms with van der Waals surface area (Å²) in [6.07, 6.45) is 0.859. The quantitative estimate of drug-likeness (QED) is 0.776. The van der Waals surface area contributed by atoms with E-state index in [4.69, 9.17) is 11.5 Å². The standard InChI is InChI=1S/C13H16N4OS/c1-8-3-2-4-9(7-8)5-6-16-13-10(12(15)18)11(14)17-19-13/h2-4,7,16H,5-6H2,1H3,(H2,14,17)(H2,15,18). The number of carbonyl (C=O) groups excluding carboxylic acids is 1. The van der Waals surface area contributed by atoms with Crippen molar-refractivity contribution in [2.75, 3.05) is 17.6 Å². The molecule has 2 aromatic rings. The zero-order valence-electron chi connectivity index (χ0n) is 10.6. The van der Waals surface area contributed by atoms with Crippen LogP contribution in [0.1, 0.15) is 21.5 Å². The van der Waals surface area contributed by atoms with E-state index in [1.165, 1.54) is 11.1 Å². The molecule has 5 nitrogen and oxygen atoms in total. The summed E-state index contributed by atoms with van der Waals surface area (Å²) in [4.78, 5) is 11.3. The third-order valence-electron chi connectivity index (χ3n) is 2.75. The second kappa shape index (κ2) is 5.71. The molecule has 1 heterocycles. The van der Waals surface area contributed by atoms with Crippen LogP contribution in [0.25, 0.3) is 0 Å². The van der Waals surface area contributed by atoms with Crippen LogP contribution in [0.2, 0.25) is 0 Å². The number of aromatic nitrogens is 1. The van der Waals surface area contributed by atoms with Crippen molar-refractivity contribution < 1.29 is 4.79 Å². The van der Waals surface area contributed by atoms with Gasteiger partial charge in [0.15, 0.2) is 5.82 Å². The van der Waals surface area contributed by atoms with Gasteiger partial charge in [0.05, 0.1) is 0 Å². The van der Waals surface area contributed by atoms with Crippen LogP contribution in [0.15, 0.2) is 24.3 Å². The lowest BCUT2D eigenvalue weighted by Gasteiger charge is -2.06. The minimum atomic E-state index is -0.552. The number of aryl methyl sites for hydroxylation is 1. The molecule has 0 aliphatic rings. The Morgan fingerprint density at radius 1 is 1.47 bits per heavy atom. The van der Waals surface area contributed by atoms with E-state index in [-0.39, 0.29) is 11.4 Å². The number of nitrogens with one attached hydrogen (secondary N) is 1. The molecule has 0 unspecified atom stereocenters. The number of nitrogens with two attached hydrogens (primary N) is 2. The molecule has 6 heteroatoms. The third-order valence-corrected chi connectivity index (χ3v) is 3.57. The largest absolute Gasteiger partial charge is 0.382 e. The summed E-state index contributed by atoms with van der Waals surface area (Å²) >= 11 is 1.16. The summed E-state index contributed by atoms with van der Waals surface area (Å²) in [5.74, 6) is -0.361. The summed E-state index contributed by atoms with van der Waals surface area (Å²) in [6, 6.07) is 8.30. The monoisotopic (exact) mass is 276 g/mol. The molecule has 0 saturated carbocycles. The van der Waals surface area contributed by atoms with E-state index in [1.807, 2.05) is 6.07 Å². The smallest absolute Gasteiger partial charge is 0.255 e. The number of nitrogens with zero attached hydrogens (tertiary/aromatic N) is 1. The van der Waals surface area contributed by atoms with Gasteiger partial charge in [-0.25, -0.2) is 0 Å².